The summed E-state index contributed by atoms with van der Waals surface area (Å²) in [5, 5.41) is 9.48. The molecule has 1 aliphatic rings. The Morgan fingerprint density at radius 1 is 1.41 bits per heavy atom. The van der Waals surface area contributed by atoms with Gasteiger partial charge in [0.15, 0.2) is 0 Å². The van der Waals surface area contributed by atoms with E-state index in [4.69, 9.17) is 16.7 Å². The molecular weight excluding hydrogens is 300 g/mol. The van der Waals surface area contributed by atoms with Gasteiger partial charge in [0.1, 0.15) is 10.9 Å². The molecule has 2 rings (SSSR count). The maximum Gasteiger partial charge on any atom is 0.349 e. The van der Waals surface area contributed by atoms with Crippen LogP contribution in [0.5, 0.6) is 0 Å². The molecular formula is C17H19ClN2O2. The Morgan fingerprint density at radius 3 is 2.82 bits per heavy atom. The number of carboxylic acid groups (broad SMARTS) is 1. The van der Waals surface area contributed by atoms with E-state index in [2.05, 4.69) is 16.9 Å². The number of rotatable bonds is 4. The second-order valence-electron chi connectivity index (χ2n) is 5.41. The van der Waals surface area contributed by atoms with E-state index in [9.17, 15) is 4.79 Å². The average Bonchev–Trinajstić information content (AvgIpc) is 2.50. The summed E-state index contributed by atoms with van der Waals surface area (Å²) in [6.45, 7) is 3.59. The molecule has 1 aliphatic carbocycles. The average molecular weight is 319 g/mol. The maximum atomic E-state index is 11.0. The van der Waals surface area contributed by atoms with Crippen LogP contribution in [0.15, 0.2) is 46.2 Å². The van der Waals surface area contributed by atoms with Gasteiger partial charge in [0.05, 0.1) is 5.70 Å². The number of aromatic nitrogens is 1. The molecule has 1 heterocycles. The van der Waals surface area contributed by atoms with Gasteiger partial charge in [0, 0.05) is 6.20 Å². The number of carboxylic acids is 1. The Morgan fingerprint density at radius 2 is 2.18 bits per heavy atom. The van der Waals surface area contributed by atoms with E-state index in [1.54, 1.807) is 12.3 Å². The van der Waals surface area contributed by atoms with Gasteiger partial charge in [-0.3, -0.25) is 0 Å². The third kappa shape index (κ3) is 4.28. The van der Waals surface area contributed by atoms with Crippen LogP contribution in [0.3, 0.4) is 0 Å². The molecule has 0 saturated carbocycles. The van der Waals surface area contributed by atoms with Gasteiger partial charge in [0.2, 0.25) is 0 Å². The van der Waals surface area contributed by atoms with E-state index >= 15 is 0 Å². The molecule has 1 aromatic rings. The third-order valence-electron chi connectivity index (χ3n) is 3.65. The van der Waals surface area contributed by atoms with Crippen LogP contribution >= 0.6 is 11.6 Å². The van der Waals surface area contributed by atoms with Crippen molar-refractivity contribution >= 4 is 23.3 Å². The highest BCUT2D eigenvalue weighted by molar-refractivity contribution is 6.34. The highest BCUT2D eigenvalue weighted by Gasteiger charge is 2.14. The molecule has 0 amide bonds. The van der Waals surface area contributed by atoms with Crippen molar-refractivity contribution < 1.29 is 9.90 Å². The van der Waals surface area contributed by atoms with E-state index in [0.717, 1.165) is 42.5 Å². The summed E-state index contributed by atoms with van der Waals surface area (Å²) in [4.78, 5) is 19.3. The van der Waals surface area contributed by atoms with E-state index in [0.29, 0.717) is 5.15 Å². The van der Waals surface area contributed by atoms with Crippen LogP contribution in [0, 0.1) is 0 Å². The summed E-state index contributed by atoms with van der Waals surface area (Å²) in [5.74, 6) is -0.981. The molecule has 22 heavy (non-hydrogen) atoms. The smallest absolute Gasteiger partial charge is 0.349 e. The minimum absolute atomic E-state index is 0.117. The third-order valence-corrected chi connectivity index (χ3v) is 3.87. The van der Waals surface area contributed by atoms with E-state index in [1.165, 1.54) is 12.5 Å². The van der Waals surface area contributed by atoms with Crippen molar-refractivity contribution in [1.82, 2.24) is 4.98 Å². The van der Waals surface area contributed by atoms with Crippen molar-refractivity contribution in [2.24, 2.45) is 4.99 Å². The molecule has 0 saturated heterocycles. The molecule has 0 fully saturated rings. The van der Waals surface area contributed by atoms with Gasteiger partial charge in [-0.05, 0) is 56.7 Å². The van der Waals surface area contributed by atoms with Crippen molar-refractivity contribution in [3.8, 4) is 0 Å². The first-order chi connectivity index (χ1) is 10.5. The van der Waals surface area contributed by atoms with Crippen molar-refractivity contribution in [3.63, 3.8) is 0 Å². The van der Waals surface area contributed by atoms with Crippen LogP contribution in [-0.2, 0) is 11.2 Å². The van der Waals surface area contributed by atoms with Crippen molar-refractivity contribution in [2.75, 3.05) is 0 Å². The predicted octanol–water partition coefficient (Wildman–Crippen LogP) is 4.21. The van der Waals surface area contributed by atoms with Crippen LogP contribution in [-0.4, -0.2) is 21.8 Å². The summed E-state index contributed by atoms with van der Waals surface area (Å²) >= 11 is 5.80. The number of allylic oxidation sites excluding steroid dienone is 3. The number of hydrogen-bond acceptors (Lipinski definition) is 3. The van der Waals surface area contributed by atoms with E-state index in [-0.39, 0.29) is 5.71 Å². The predicted molar refractivity (Wildman–Crippen MR) is 88.3 cm³/mol. The van der Waals surface area contributed by atoms with E-state index in [1.807, 2.05) is 12.1 Å². The van der Waals surface area contributed by atoms with Gasteiger partial charge < -0.3 is 5.11 Å². The Kier molecular flexibility index (Phi) is 5.50. The molecule has 1 N–H and O–H groups in total. The second kappa shape index (κ2) is 7.36. The lowest BCUT2D eigenvalue weighted by atomic mass is 9.92. The molecule has 116 valence electrons. The molecule has 0 spiro atoms. The Hall–Kier alpha value is -1.94. The Labute approximate surface area is 135 Å². The fourth-order valence-electron chi connectivity index (χ4n) is 2.47. The summed E-state index contributed by atoms with van der Waals surface area (Å²) in [5.41, 5.74) is 4.33. The lowest BCUT2D eigenvalue weighted by molar-refractivity contribution is -0.129. The number of nitrogens with zero attached hydrogens (tertiary/aromatic N) is 2. The summed E-state index contributed by atoms with van der Waals surface area (Å²) in [6.07, 6.45) is 7.48. The Bertz CT molecular complexity index is 658. The molecule has 0 bridgehead atoms. The highest BCUT2D eigenvalue weighted by atomic mass is 35.5. The molecule has 4 nitrogen and oxygen atoms in total. The SMILES string of the molecule is CC(=NC1=CCCC/C1=C(/C)Cc1ccc(Cl)nc1)C(=O)O. The second-order valence-corrected chi connectivity index (χ2v) is 5.80. The normalized spacial score (nSPS) is 18.0. The highest BCUT2D eigenvalue weighted by Crippen LogP contribution is 2.29. The Balaban J connectivity index is 2.28. The molecule has 1 aromatic heterocycles. The van der Waals surface area contributed by atoms with Gasteiger partial charge in [-0.1, -0.05) is 29.3 Å². The summed E-state index contributed by atoms with van der Waals surface area (Å²) in [7, 11) is 0. The lowest BCUT2D eigenvalue weighted by Crippen LogP contribution is -2.10. The van der Waals surface area contributed by atoms with Crippen molar-refractivity contribution in [2.45, 2.75) is 39.5 Å². The first-order valence-corrected chi connectivity index (χ1v) is 7.63. The van der Waals surface area contributed by atoms with Crippen LogP contribution in [0.1, 0.15) is 38.7 Å². The van der Waals surface area contributed by atoms with Crippen molar-refractivity contribution in [3.05, 3.63) is 52.0 Å². The molecule has 0 aliphatic heterocycles. The monoisotopic (exact) mass is 318 g/mol. The minimum Gasteiger partial charge on any atom is -0.477 e. The fourth-order valence-corrected chi connectivity index (χ4v) is 2.58. The summed E-state index contributed by atoms with van der Waals surface area (Å²) in [6, 6.07) is 3.73. The quantitative estimate of drug-likeness (QED) is 0.668. The number of hydrogen-bond donors (Lipinski definition) is 1. The van der Waals surface area contributed by atoms with Crippen LogP contribution < -0.4 is 0 Å². The largest absolute Gasteiger partial charge is 0.477 e. The summed E-state index contributed by atoms with van der Waals surface area (Å²) < 4.78 is 0. The van der Waals surface area contributed by atoms with Gasteiger partial charge in [0.25, 0.3) is 0 Å². The topological polar surface area (TPSA) is 62.5 Å². The first kappa shape index (κ1) is 16.4. The zero-order valence-corrected chi connectivity index (χ0v) is 13.5. The van der Waals surface area contributed by atoms with Gasteiger partial charge >= 0.3 is 5.97 Å². The number of carbonyl (C=O) groups is 1. The van der Waals surface area contributed by atoms with Gasteiger partial charge in [-0.2, -0.15) is 0 Å². The zero-order valence-electron chi connectivity index (χ0n) is 12.8. The number of halogens is 1. The van der Waals surface area contributed by atoms with Gasteiger partial charge in [-0.25, -0.2) is 14.8 Å². The molecule has 0 atom stereocenters. The van der Waals surface area contributed by atoms with Crippen molar-refractivity contribution in [1.29, 1.82) is 0 Å². The molecule has 0 unspecified atom stereocenters. The maximum absolute atomic E-state index is 11.0. The standard InChI is InChI=1S/C17H19ClN2O2/c1-11(9-13-7-8-16(18)19-10-13)14-5-3-4-6-15(14)20-12(2)17(21)22/h6-8,10H,3-5,9H2,1-2H3,(H,21,22)/b14-11+,20-12?. The minimum atomic E-state index is -0.981. The number of aliphatic carboxylic acids is 1. The number of aliphatic imine (C=N–C) groups is 1. The number of pyridine rings is 1. The first-order valence-electron chi connectivity index (χ1n) is 7.25. The molecule has 5 heteroatoms. The van der Waals surface area contributed by atoms with Crippen LogP contribution in [0.25, 0.3) is 0 Å². The van der Waals surface area contributed by atoms with Gasteiger partial charge in [-0.15, -0.1) is 0 Å². The van der Waals surface area contributed by atoms with Crippen LogP contribution in [0.2, 0.25) is 5.15 Å². The fraction of sp³-hybridized carbons (Fsp3) is 0.353. The zero-order chi connectivity index (χ0) is 16.1. The molecule has 0 radical (unpaired) electrons. The molecule has 0 aromatic carbocycles. The van der Waals surface area contributed by atoms with E-state index < -0.39 is 5.97 Å². The lowest BCUT2D eigenvalue weighted by Gasteiger charge is -2.17. The van der Waals surface area contributed by atoms with Crippen LogP contribution in [0.4, 0.5) is 0 Å².